The third-order valence-electron chi connectivity index (χ3n) is 3.26. The van der Waals surface area contributed by atoms with Crippen molar-refractivity contribution >= 4 is 17.6 Å². The molecule has 1 atom stereocenters. The van der Waals surface area contributed by atoms with Gasteiger partial charge in [0.25, 0.3) is 0 Å². The Hall–Kier alpha value is -0.850. The lowest BCUT2D eigenvalue weighted by Gasteiger charge is -2.28. The zero-order valence-corrected chi connectivity index (χ0v) is 12.2. The SMILES string of the molecule is CSc1cncc(NC[C@H](O)CN2CCCCC2)n1. The normalized spacial score (nSPS) is 18.2. The molecule has 19 heavy (non-hydrogen) atoms. The highest BCUT2D eigenvalue weighted by molar-refractivity contribution is 7.98. The summed E-state index contributed by atoms with van der Waals surface area (Å²) in [6.45, 7) is 3.48. The Balaban J connectivity index is 1.74. The molecule has 0 unspecified atom stereocenters. The maximum Gasteiger partial charge on any atom is 0.145 e. The summed E-state index contributed by atoms with van der Waals surface area (Å²) in [4.78, 5) is 10.8. The van der Waals surface area contributed by atoms with Gasteiger partial charge in [0.1, 0.15) is 10.8 Å². The number of anilines is 1. The Bertz CT molecular complexity index is 385. The van der Waals surface area contributed by atoms with Gasteiger partial charge >= 0.3 is 0 Å². The summed E-state index contributed by atoms with van der Waals surface area (Å²) >= 11 is 1.56. The molecule has 0 amide bonds. The summed E-state index contributed by atoms with van der Waals surface area (Å²) in [5.74, 6) is 0.726. The van der Waals surface area contributed by atoms with Crippen molar-refractivity contribution in [1.82, 2.24) is 14.9 Å². The molecule has 6 heteroatoms. The minimum absolute atomic E-state index is 0.363. The van der Waals surface area contributed by atoms with Gasteiger partial charge in [-0.05, 0) is 32.2 Å². The summed E-state index contributed by atoms with van der Waals surface area (Å²) in [6.07, 6.45) is 8.86. The Labute approximate surface area is 118 Å². The molecule has 0 spiro atoms. The van der Waals surface area contributed by atoms with Crippen LogP contribution in [0.4, 0.5) is 5.82 Å². The predicted octanol–water partition coefficient (Wildman–Crippen LogP) is 1.46. The van der Waals surface area contributed by atoms with Gasteiger partial charge in [-0.2, -0.15) is 0 Å². The van der Waals surface area contributed by atoms with Crippen LogP contribution in [0.2, 0.25) is 0 Å². The molecule has 1 aromatic heterocycles. The minimum Gasteiger partial charge on any atom is -0.390 e. The number of β-amino-alcohol motifs (C(OH)–C–C–N with tert-alkyl or cyclic N) is 1. The number of piperidine rings is 1. The van der Waals surface area contributed by atoms with Gasteiger partial charge in [0.15, 0.2) is 0 Å². The van der Waals surface area contributed by atoms with Gasteiger partial charge in [0, 0.05) is 13.1 Å². The van der Waals surface area contributed by atoms with Crippen LogP contribution in [0.1, 0.15) is 19.3 Å². The van der Waals surface area contributed by atoms with Crippen molar-refractivity contribution in [3.8, 4) is 0 Å². The Morgan fingerprint density at radius 3 is 2.89 bits per heavy atom. The average molecular weight is 282 g/mol. The molecule has 0 bridgehead atoms. The van der Waals surface area contributed by atoms with Crippen molar-refractivity contribution < 1.29 is 5.11 Å². The van der Waals surface area contributed by atoms with E-state index in [0.29, 0.717) is 6.54 Å². The van der Waals surface area contributed by atoms with E-state index in [1.54, 1.807) is 24.2 Å². The summed E-state index contributed by atoms with van der Waals surface area (Å²) in [6, 6.07) is 0. The van der Waals surface area contributed by atoms with E-state index < -0.39 is 0 Å². The Kier molecular flexibility index (Phi) is 5.88. The number of aromatic nitrogens is 2. The van der Waals surface area contributed by atoms with Crippen LogP contribution in [0.15, 0.2) is 17.4 Å². The van der Waals surface area contributed by atoms with E-state index in [2.05, 4.69) is 20.2 Å². The quantitative estimate of drug-likeness (QED) is 0.770. The third-order valence-corrected chi connectivity index (χ3v) is 3.87. The molecule has 2 N–H and O–H groups in total. The second-order valence-corrected chi connectivity index (χ2v) is 5.67. The van der Waals surface area contributed by atoms with Crippen LogP contribution >= 0.6 is 11.8 Å². The van der Waals surface area contributed by atoms with Crippen molar-refractivity contribution in [2.45, 2.75) is 30.4 Å². The van der Waals surface area contributed by atoms with Crippen LogP contribution in [-0.2, 0) is 0 Å². The lowest BCUT2D eigenvalue weighted by atomic mass is 10.1. The first kappa shape index (κ1) is 14.6. The standard InChI is InChI=1S/C13H22N4OS/c1-19-13-9-14-8-12(16-13)15-7-11(18)10-17-5-3-2-4-6-17/h8-9,11,18H,2-7,10H2,1H3,(H,15,16)/t11-/m0/s1. The highest BCUT2D eigenvalue weighted by Crippen LogP contribution is 2.12. The van der Waals surface area contributed by atoms with Crippen LogP contribution in [0, 0.1) is 0 Å². The van der Waals surface area contributed by atoms with E-state index in [0.717, 1.165) is 30.5 Å². The highest BCUT2D eigenvalue weighted by Gasteiger charge is 2.14. The second kappa shape index (κ2) is 7.67. The Morgan fingerprint density at radius 2 is 2.16 bits per heavy atom. The van der Waals surface area contributed by atoms with E-state index in [1.165, 1.54) is 19.3 Å². The van der Waals surface area contributed by atoms with Crippen molar-refractivity contribution in [3.63, 3.8) is 0 Å². The zero-order valence-electron chi connectivity index (χ0n) is 11.4. The first-order chi connectivity index (χ1) is 9.28. The topological polar surface area (TPSA) is 61.3 Å². The van der Waals surface area contributed by atoms with Crippen LogP contribution in [0.5, 0.6) is 0 Å². The highest BCUT2D eigenvalue weighted by atomic mass is 32.2. The van der Waals surface area contributed by atoms with Crippen LogP contribution in [0.25, 0.3) is 0 Å². The molecular weight excluding hydrogens is 260 g/mol. The van der Waals surface area contributed by atoms with Crippen molar-refractivity contribution in [3.05, 3.63) is 12.4 Å². The van der Waals surface area contributed by atoms with Gasteiger partial charge in [0.05, 0.1) is 18.5 Å². The largest absolute Gasteiger partial charge is 0.390 e. The third kappa shape index (κ3) is 4.97. The number of rotatable bonds is 6. The lowest BCUT2D eigenvalue weighted by Crippen LogP contribution is -2.39. The molecule has 1 fully saturated rings. The minimum atomic E-state index is -0.363. The molecule has 0 aromatic carbocycles. The fourth-order valence-corrected chi connectivity index (χ4v) is 2.61. The predicted molar refractivity (Wildman–Crippen MR) is 78.6 cm³/mol. The molecule has 1 aliphatic rings. The van der Waals surface area contributed by atoms with Gasteiger partial charge in [-0.15, -0.1) is 11.8 Å². The van der Waals surface area contributed by atoms with E-state index in [9.17, 15) is 5.11 Å². The van der Waals surface area contributed by atoms with Crippen LogP contribution < -0.4 is 5.32 Å². The molecule has 1 saturated heterocycles. The Morgan fingerprint density at radius 1 is 1.37 bits per heavy atom. The number of hydrogen-bond donors (Lipinski definition) is 2. The molecule has 0 radical (unpaired) electrons. The van der Waals surface area contributed by atoms with Gasteiger partial charge in [-0.1, -0.05) is 6.42 Å². The molecule has 106 valence electrons. The molecule has 0 saturated carbocycles. The number of likely N-dealkylation sites (tertiary alicyclic amines) is 1. The van der Waals surface area contributed by atoms with E-state index in [1.807, 2.05) is 6.26 Å². The number of hydrogen-bond acceptors (Lipinski definition) is 6. The molecule has 0 aliphatic carbocycles. The fraction of sp³-hybridized carbons (Fsp3) is 0.692. The average Bonchev–Trinajstić information content (AvgIpc) is 2.46. The molecule has 5 nitrogen and oxygen atoms in total. The number of nitrogens with zero attached hydrogens (tertiary/aromatic N) is 3. The number of aliphatic hydroxyl groups excluding tert-OH is 1. The fourth-order valence-electron chi connectivity index (χ4n) is 2.26. The van der Waals surface area contributed by atoms with Crippen molar-refractivity contribution in [1.29, 1.82) is 0 Å². The summed E-state index contributed by atoms with van der Waals surface area (Å²) in [7, 11) is 0. The molecule has 1 aromatic rings. The smallest absolute Gasteiger partial charge is 0.145 e. The first-order valence-electron chi connectivity index (χ1n) is 6.78. The summed E-state index contributed by atoms with van der Waals surface area (Å²) in [5.41, 5.74) is 0. The number of thioether (sulfide) groups is 1. The monoisotopic (exact) mass is 282 g/mol. The summed E-state index contributed by atoms with van der Waals surface area (Å²) < 4.78 is 0. The summed E-state index contributed by atoms with van der Waals surface area (Å²) in [5, 5.41) is 14.1. The van der Waals surface area contributed by atoms with Gasteiger partial charge in [0.2, 0.25) is 0 Å². The van der Waals surface area contributed by atoms with Crippen molar-refractivity contribution in [2.24, 2.45) is 0 Å². The second-order valence-electron chi connectivity index (χ2n) is 4.84. The van der Waals surface area contributed by atoms with Crippen LogP contribution in [-0.4, -0.2) is 58.5 Å². The maximum absolute atomic E-state index is 10.0. The lowest BCUT2D eigenvalue weighted by molar-refractivity contribution is 0.109. The van der Waals surface area contributed by atoms with E-state index in [-0.39, 0.29) is 6.10 Å². The van der Waals surface area contributed by atoms with E-state index >= 15 is 0 Å². The van der Waals surface area contributed by atoms with E-state index in [4.69, 9.17) is 0 Å². The maximum atomic E-state index is 10.0. The van der Waals surface area contributed by atoms with Gasteiger partial charge in [-0.3, -0.25) is 4.98 Å². The molecule has 1 aliphatic heterocycles. The number of aliphatic hydroxyl groups is 1. The first-order valence-corrected chi connectivity index (χ1v) is 8.01. The van der Waals surface area contributed by atoms with Crippen LogP contribution in [0.3, 0.4) is 0 Å². The molecular formula is C13H22N4OS. The number of nitrogens with one attached hydrogen (secondary N) is 1. The van der Waals surface area contributed by atoms with Gasteiger partial charge < -0.3 is 15.3 Å². The molecule has 2 rings (SSSR count). The van der Waals surface area contributed by atoms with Gasteiger partial charge in [-0.25, -0.2) is 4.98 Å². The molecule has 2 heterocycles. The zero-order chi connectivity index (χ0) is 13.5. The van der Waals surface area contributed by atoms with Crippen molar-refractivity contribution in [2.75, 3.05) is 37.8 Å².